The van der Waals surface area contributed by atoms with Crippen molar-refractivity contribution in [2.45, 2.75) is 55.6 Å². The van der Waals surface area contributed by atoms with Crippen LogP contribution in [-0.2, 0) is 0 Å². The van der Waals surface area contributed by atoms with Crippen LogP contribution < -0.4 is 5.32 Å². The summed E-state index contributed by atoms with van der Waals surface area (Å²) in [5, 5.41) is 12.5. The molecule has 0 aromatic carbocycles. The first kappa shape index (κ1) is 11.6. The summed E-state index contributed by atoms with van der Waals surface area (Å²) in [6, 6.07) is 0.779. The van der Waals surface area contributed by atoms with Gasteiger partial charge in [0.05, 0.1) is 16.9 Å². The van der Waals surface area contributed by atoms with Gasteiger partial charge in [-0.25, -0.2) is 0 Å². The number of rotatable bonds is 2. The lowest BCUT2D eigenvalue weighted by Gasteiger charge is -2.34. The Morgan fingerprint density at radius 1 is 1.23 bits per heavy atom. The van der Waals surface area contributed by atoms with Crippen LogP contribution in [0.5, 0.6) is 0 Å². The van der Waals surface area contributed by atoms with Gasteiger partial charge in [-0.15, -0.1) is 23.2 Å². The predicted molar refractivity (Wildman–Crippen MR) is 56.6 cm³/mol. The zero-order chi connectivity index (χ0) is 10.0. The van der Waals surface area contributed by atoms with Crippen molar-refractivity contribution in [2.75, 3.05) is 0 Å². The molecular formula is C9H17Cl2NO. The van der Waals surface area contributed by atoms with Crippen molar-refractivity contribution in [3.05, 3.63) is 0 Å². The zero-order valence-electron chi connectivity index (χ0n) is 8.00. The minimum Gasteiger partial charge on any atom is -0.390 e. The molecule has 2 N–H and O–H groups in total. The van der Waals surface area contributed by atoms with E-state index in [1.165, 1.54) is 0 Å². The van der Waals surface area contributed by atoms with Crippen LogP contribution in [-0.4, -0.2) is 34.0 Å². The van der Waals surface area contributed by atoms with E-state index in [1.807, 2.05) is 0 Å². The summed E-state index contributed by atoms with van der Waals surface area (Å²) in [6.45, 7) is 4.19. The maximum atomic E-state index is 9.51. The van der Waals surface area contributed by atoms with E-state index in [0.717, 1.165) is 12.8 Å². The topological polar surface area (TPSA) is 32.3 Å². The minimum absolute atomic E-state index is 0.215. The van der Waals surface area contributed by atoms with Gasteiger partial charge in [0.1, 0.15) is 0 Å². The van der Waals surface area contributed by atoms with Gasteiger partial charge in [0.2, 0.25) is 0 Å². The highest BCUT2D eigenvalue weighted by molar-refractivity contribution is 6.24. The summed E-state index contributed by atoms with van der Waals surface area (Å²) in [5.74, 6) is 0. The van der Waals surface area contributed by atoms with Crippen molar-refractivity contribution < 1.29 is 5.11 Å². The van der Waals surface area contributed by atoms with Crippen LogP contribution in [0.15, 0.2) is 0 Å². The van der Waals surface area contributed by atoms with Gasteiger partial charge in [0.15, 0.2) is 0 Å². The standard InChI is InChI=1S/C9H17Cl2NO/c1-5(2)12-6-3-7(10)9(13)8(11)4-6/h5-9,12-13H,3-4H2,1-2H3/t6?,7-,8-,9?/m0/s1. The Morgan fingerprint density at radius 3 is 2.08 bits per heavy atom. The van der Waals surface area contributed by atoms with Crippen LogP contribution in [0.4, 0.5) is 0 Å². The second-order valence-electron chi connectivity index (χ2n) is 4.01. The van der Waals surface area contributed by atoms with Crippen molar-refractivity contribution in [1.29, 1.82) is 0 Å². The van der Waals surface area contributed by atoms with Gasteiger partial charge < -0.3 is 10.4 Å². The lowest BCUT2D eigenvalue weighted by atomic mass is 9.92. The lowest BCUT2D eigenvalue weighted by molar-refractivity contribution is 0.123. The summed E-state index contributed by atoms with van der Waals surface area (Å²) in [5.41, 5.74) is 0. The molecule has 1 fully saturated rings. The molecule has 0 aromatic rings. The largest absolute Gasteiger partial charge is 0.390 e. The van der Waals surface area contributed by atoms with E-state index in [2.05, 4.69) is 19.2 Å². The van der Waals surface area contributed by atoms with E-state index in [0.29, 0.717) is 12.1 Å². The number of nitrogens with one attached hydrogen (secondary N) is 1. The van der Waals surface area contributed by atoms with E-state index >= 15 is 0 Å². The maximum Gasteiger partial charge on any atom is 0.0868 e. The fourth-order valence-electron chi connectivity index (χ4n) is 1.75. The Kier molecular flexibility index (Phi) is 4.30. The van der Waals surface area contributed by atoms with Gasteiger partial charge in [-0.05, 0) is 12.8 Å². The summed E-state index contributed by atoms with van der Waals surface area (Å²) < 4.78 is 0. The minimum atomic E-state index is -0.562. The van der Waals surface area contributed by atoms with Crippen molar-refractivity contribution in [3.8, 4) is 0 Å². The van der Waals surface area contributed by atoms with Gasteiger partial charge >= 0.3 is 0 Å². The van der Waals surface area contributed by atoms with Crippen LogP contribution in [0.3, 0.4) is 0 Å². The van der Waals surface area contributed by atoms with Crippen LogP contribution in [0.1, 0.15) is 26.7 Å². The molecule has 0 aromatic heterocycles. The van der Waals surface area contributed by atoms with E-state index < -0.39 is 6.10 Å². The molecule has 2 atom stereocenters. The Morgan fingerprint density at radius 2 is 1.69 bits per heavy atom. The molecule has 1 aliphatic rings. The second-order valence-corrected chi connectivity index (χ2v) is 5.13. The fraction of sp³-hybridized carbons (Fsp3) is 1.00. The first-order chi connectivity index (χ1) is 6.00. The van der Waals surface area contributed by atoms with Gasteiger partial charge in [-0.3, -0.25) is 0 Å². The molecule has 78 valence electrons. The molecule has 2 nitrogen and oxygen atoms in total. The summed E-state index contributed by atoms with van der Waals surface area (Å²) >= 11 is 11.9. The van der Waals surface area contributed by atoms with Crippen molar-refractivity contribution >= 4 is 23.2 Å². The molecule has 0 saturated heterocycles. The fourth-order valence-corrected chi connectivity index (χ4v) is 2.61. The third-order valence-corrected chi connectivity index (χ3v) is 3.20. The Hall–Kier alpha value is 0.500. The molecule has 0 radical (unpaired) electrons. The molecule has 0 aliphatic heterocycles. The smallest absolute Gasteiger partial charge is 0.0868 e. The summed E-state index contributed by atoms with van der Waals surface area (Å²) in [7, 11) is 0. The Bertz CT molecular complexity index is 154. The SMILES string of the molecule is CC(C)NC1C[C@H](Cl)C(O)[C@@H](Cl)C1. The third kappa shape index (κ3) is 3.28. The molecule has 1 saturated carbocycles. The second kappa shape index (κ2) is 4.83. The van der Waals surface area contributed by atoms with Crippen LogP contribution in [0.25, 0.3) is 0 Å². The summed E-state index contributed by atoms with van der Waals surface area (Å²) in [4.78, 5) is 0. The van der Waals surface area contributed by atoms with E-state index in [4.69, 9.17) is 23.2 Å². The van der Waals surface area contributed by atoms with Crippen molar-refractivity contribution in [2.24, 2.45) is 0 Å². The van der Waals surface area contributed by atoms with Gasteiger partial charge in [0.25, 0.3) is 0 Å². The number of alkyl halides is 2. The highest BCUT2D eigenvalue weighted by atomic mass is 35.5. The monoisotopic (exact) mass is 225 g/mol. The van der Waals surface area contributed by atoms with Crippen molar-refractivity contribution in [3.63, 3.8) is 0 Å². The number of hydrogen-bond acceptors (Lipinski definition) is 2. The molecule has 0 unspecified atom stereocenters. The lowest BCUT2D eigenvalue weighted by Crippen LogP contribution is -2.48. The first-order valence-electron chi connectivity index (χ1n) is 4.73. The molecular weight excluding hydrogens is 209 g/mol. The molecule has 0 bridgehead atoms. The highest BCUT2D eigenvalue weighted by Crippen LogP contribution is 2.27. The number of aliphatic hydroxyl groups excluding tert-OH is 1. The molecule has 13 heavy (non-hydrogen) atoms. The Balaban J connectivity index is 2.44. The number of hydrogen-bond donors (Lipinski definition) is 2. The quantitative estimate of drug-likeness (QED) is 0.703. The number of aliphatic hydroxyl groups is 1. The predicted octanol–water partition coefficient (Wildman–Crippen LogP) is 1.72. The van der Waals surface area contributed by atoms with Gasteiger partial charge in [-0.2, -0.15) is 0 Å². The third-order valence-electron chi connectivity index (χ3n) is 2.33. The zero-order valence-corrected chi connectivity index (χ0v) is 9.52. The Labute approximate surface area is 89.6 Å². The van der Waals surface area contributed by atoms with E-state index in [1.54, 1.807) is 0 Å². The molecule has 0 amide bonds. The van der Waals surface area contributed by atoms with Crippen LogP contribution >= 0.6 is 23.2 Å². The number of halogens is 2. The molecule has 4 heteroatoms. The van der Waals surface area contributed by atoms with Gasteiger partial charge in [-0.1, -0.05) is 13.8 Å². The molecule has 1 rings (SSSR count). The van der Waals surface area contributed by atoms with Crippen LogP contribution in [0, 0.1) is 0 Å². The average Bonchev–Trinajstić information content (AvgIpc) is 1.98. The molecule has 1 aliphatic carbocycles. The molecule has 0 spiro atoms. The maximum absolute atomic E-state index is 9.51. The van der Waals surface area contributed by atoms with E-state index in [9.17, 15) is 5.11 Å². The van der Waals surface area contributed by atoms with Crippen molar-refractivity contribution in [1.82, 2.24) is 5.32 Å². The normalized spacial score (nSPS) is 41.1. The van der Waals surface area contributed by atoms with Crippen LogP contribution in [0.2, 0.25) is 0 Å². The van der Waals surface area contributed by atoms with Gasteiger partial charge in [0, 0.05) is 12.1 Å². The summed E-state index contributed by atoms with van der Waals surface area (Å²) in [6.07, 6.45) is 1.03. The first-order valence-corrected chi connectivity index (χ1v) is 5.60. The highest BCUT2D eigenvalue weighted by Gasteiger charge is 2.34. The van der Waals surface area contributed by atoms with E-state index in [-0.39, 0.29) is 10.8 Å². The molecule has 0 heterocycles. The average molecular weight is 226 g/mol.